The lowest BCUT2D eigenvalue weighted by molar-refractivity contribution is 0.149. The Balaban J connectivity index is 1.64. The molecule has 1 atom stereocenters. The Labute approximate surface area is 98.9 Å². The number of rotatable bonds is 4. The summed E-state index contributed by atoms with van der Waals surface area (Å²) in [6, 6.07) is 0.658. The van der Waals surface area contributed by atoms with Crippen LogP contribution in [0.1, 0.15) is 12.8 Å². The van der Waals surface area contributed by atoms with E-state index in [2.05, 4.69) is 22.2 Å². The molecule has 2 rings (SSSR count). The lowest BCUT2D eigenvalue weighted by Crippen LogP contribution is -2.40. The minimum atomic E-state index is 0.658. The molecule has 2 heterocycles. The zero-order chi connectivity index (χ0) is 11.2. The van der Waals surface area contributed by atoms with Crippen LogP contribution < -0.4 is 5.32 Å². The van der Waals surface area contributed by atoms with Gasteiger partial charge in [-0.3, -0.25) is 4.90 Å². The van der Waals surface area contributed by atoms with E-state index in [0.29, 0.717) is 6.04 Å². The summed E-state index contributed by atoms with van der Waals surface area (Å²) in [5, 5.41) is 3.44. The molecule has 4 nitrogen and oxygen atoms in total. The van der Waals surface area contributed by atoms with Crippen LogP contribution in [0.4, 0.5) is 0 Å². The van der Waals surface area contributed by atoms with Crippen LogP contribution in [0.3, 0.4) is 0 Å². The van der Waals surface area contributed by atoms with Gasteiger partial charge in [-0.15, -0.1) is 0 Å². The largest absolute Gasteiger partial charge is 0.380 e. The number of hydrogen-bond acceptors (Lipinski definition) is 4. The van der Waals surface area contributed by atoms with Crippen LogP contribution in [0, 0.1) is 0 Å². The Bertz CT molecular complexity index is 185. The molecule has 1 N–H and O–H groups in total. The van der Waals surface area contributed by atoms with Crippen LogP contribution in [0.25, 0.3) is 0 Å². The topological polar surface area (TPSA) is 27.7 Å². The fraction of sp³-hybridized carbons (Fsp3) is 1.00. The van der Waals surface area contributed by atoms with Gasteiger partial charge in [0.1, 0.15) is 0 Å². The highest BCUT2D eigenvalue weighted by Crippen LogP contribution is 2.10. The Morgan fingerprint density at radius 2 is 2.31 bits per heavy atom. The second-order valence-electron chi connectivity index (χ2n) is 4.94. The molecular formula is C12H25N3O. The SMILES string of the molecule is CN(CCN1CCCNCC1)C1CCOC1. The minimum absolute atomic E-state index is 0.658. The molecule has 94 valence electrons. The molecule has 0 amide bonds. The minimum Gasteiger partial charge on any atom is -0.380 e. The summed E-state index contributed by atoms with van der Waals surface area (Å²) in [6.45, 7) is 9.04. The van der Waals surface area contributed by atoms with E-state index in [1.165, 1.54) is 45.6 Å². The van der Waals surface area contributed by atoms with Gasteiger partial charge in [-0.2, -0.15) is 0 Å². The van der Waals surface area contributed by atoms with E-state index in [1.54, 1.807) is 0 Å². The number of nitrogens with zero attached hydrogens (tertiary/aromatic N) is 2. The lowest BCUT2D eigenvalue weighted by Gasteiger charge is -2.27. The van der Waals surface area contributed by atoms with Gasteiger partial charge in [0.05, 0.1) is 6.61 Å². The molecule has 0 saturated carbocycles. The van der Waals surface area contributed by atoms with E-state index in [9.17, 15) is 0 Å². The standard InChI is InChI=1S/C12H25N3O/c1-14(12-3-10-16-11-12)8-9-15-6-2-4-13-5-7-15/h12-13H,2-11H2,1H3. The summed E-state index contributed by atoms with van der Waals surface area (Å²) < 4.78 is 5.42. The summed E-state index contributed by atoms with van der Waals surface area (Å²) >= 11 is 0. The summed E-state index contributed by atoms with van der Waals surface area (Å²) in [7, 11) is 2.23. The van der Waals surface area contributed by atoms with Crippen LogP contribution >= 0.6 is 0 Å². The molecule has 0 radical (unpaired) electrons. The molecule has 2 aliphatic heterocycles. The Morgan fingerprint density at radius 3 is 3.12 bits per heavy atom. The molecule has 0 aliphatic carbocycles. The van der Waals surface area contributed by atoms with Gasteiger partial charge in [0.25, 0.3) is 0 Å². The summed E-state index contributed by atoms with van der Waals surface area (Å²) in [5.74, 6) is 0. The van der Waals surface area contributed by atoms with E-state index in [1.807, 2.05) is 0 Å². The van der Waals surface area contributed by atoms with E-state index in [0.717, 1.165) is 19.8 Å². The van der Waals surface area contributed by atoms with Crippen molar-refractivity contribution in [2.24, 2.45) is 0 Å². The van der Waals surface area contributed by atoms with Gasteiger partial charge in [0, 0.05) is 38.8 Å². The monoisotopic (exact) mass is 227 g/mol. The third-order valence-electron chi connectivity index (χ3n) is 3.73. The maximum atomic E-state index is 5.42. The average molecular weight is 227 g/mol. The van der Waals surface area contributed by atoms with Gasteiger partial charge in [-0.05, 0) is 33.0 Å². The molecule has 2 saturated heterocycles. The van der Waals surface area contributed by atoms with Crippen molar-refractivity contribution in [2.75, 3.05) is 59.5 Å². The fourth-order valence-electron chi connectivity index (χ4n) is 2.48. The zero-order valence-electron chi connectivity index (χ0n) is 10.5. The molecule has 0 bridgehead atoms. The van der Waals surface area contributed by atoms with Gasteiger partial charge in [-0.1, -0.05) is 0 Å². The first-order valence-corrected chi connectivity index (χ1v) is 6.57. The van der Waals surface area contributed by atoms with Gasteiger partial charge in [0.15, 0.2) is 0 Å². The first kappa shape index (κ1) is 12.3. The highest BCUT2D eigenvalue weighted by atomic mass is 16.5. The van der Waals surface area contributed by atoms with Crippen LogP contribution in [-0.4, -0.2) is 75.4 Å². The van der Waals surface area contributed by atoms with Crippen LogP contribution in [0.15, 0.2) is 0 Å². The van der Waals surface area contributed by atoms with Gasteiger partial charge in [0.2, 0.25) is 0 Å². The third-order valence-corrected chi connectivity index (χ3v) is 3.73. The second kappa shape index (κ2) is 6.55. The van der Waals surface area contributed by atoms with Crippen molar-refractivity contribution in [3.8, 4) is 0 Å². The van der Waals surface area contributed by atoms with Crippen molar-refractivity contribution in [2.45, 2.75) is 18.9 Å². The fourth-order valence-corrected chi connectivity index (χ4v) is 2.48. The van der Waals surface area contributed by atoms with Crippen molar-refractivity contribution < 1.29 is 4.74 Å². The molecule has 0 aromatic heterocycles. The predicted molar refractivity (Wildman–Crippen MR) is 65.8 cm³/mol. The van der Waals surface area contributed by atoms with Crippen LogP contribution in [0.2, 0.25) is 0 Å². The number of ether oxygens (including phenoxy) is 1. The predicted octanol–water partition coefficient (Wildman–Crippen LogP) is 0.00240. The molecule has 4 heteroatoms. The molecule has 2 fully saturated rings. The van der Waals surface area contributed by atoms with Gasteiger partial charge in [-0.25, -0.2) is 0 Å². The van der Waals surface area contributed by atoms with E-state index in [-0.39, 0.29) is 0 Å². The Hall–Kier alpha value is -0.160. The Kier molecular flexibility index (Phi) is 5.03. The molecule has 16 heavy (non-hydrogen) atoms. The summed E-state index contributed by atoms with van der Waals surface area (Å²) in [6.07, 6.45) is 2.49. The molecule has 0 aromatic carbocycles. The van der Waals surface area contributed by atoms with Crippen molar-refractivity contribution in [1.82, 2.24) is 15.1 Å². The van der Waals surface area contributed by atoms with Crippen LogP contribution in [-0.2, 0) is 4.74 Å². The number of hydrogen-bond donors (Lipinski definition) is 1. The van der Waals surface area contributed by atoms with Gasteiger partial charge >= 0.3 is 0 Å². The lowest BCUT2D eigenvalue weighted by atomic mass is 10.2. The third kappa shape index (κ3) is 3.70. The number of nitrogens with one attached hydrogen (secondary N) is 1. The quantitative estimate of drug-likeness (QED) is 0.732. The second-order valence-corrected chi connectivity index (χ2v) is 4.94. The first-order valence-electron chi connectivity index (χ1n) is 6.57. The zero-order valence-corrected chi connectivity index (χ0v) is 10.5. The van der Waals surface area contributed by atoms with Crippen molar-refractivity contribution in [3.63, 3.8) is 0 Å². The van der Waals surface area contributed by atoms with E-state index < -0.39 is 0 Å². The van der Waals surface area contributed by atoms with E-state index >= 15 is 0 Å². The maximum absolute atomic E-state index is 5.42. The summed E-state index contributed by atoms with van der Waals surface area (Å²) in [4.78, 5) is 5.04. The Morgan fingerprint density at radius 1 is 1.38 bits per heavy atom. The molecule has 2 aliphatic rings. The first-order chi connectivity index (χ1) is 7.86. The average Bonchev–Trinajstić information content (AvgIpc) is 2.71. The van der Waals surface area contributed by atoms with Crippen LogP contribution in [0.5, 0.6) is 0 Å². The van der Waals surface area contributed by atoms with Crippen molar-refractivity contribution in [3.05, 3.63) is 0 Å². The highest BCUT2D eigenvalue weighted by molar-refractivity contribution is 4.74. The summed E-state index contributed by atoms with van der Waals surface area (Å²) in [5.41, 5.74) is 0. The normalized spacial score (nSPS) is 28.5. The number of likely N-dealkylation sites (N-methyl/N-ethyl adjacent to an activating group) is 1. The smallest absolute Gasteiger partial charge is 0.0622 e. The molecule has 0 spiro atoms. The van der Waals surface area contributed by atoms with Crippen molar-refractivity contribution in [1.29, 1.82) is 0 Å². The molecule has 0 aromatic rings. The van der Waals surface area contributed by atoms with Gasteiger partial charge < -0.3 is 15.0 Å². The highest BCUT2D eigenvalue weighted by Gasteiger charge is 2.20. The molecule has 1 unspecified atom stereocenters. The van der Waals surface area contributed by atoms with Crippen molar-refractivity contribution >= 4 is 0 Å². The molecular weight excluding hydrogens is 202 g/mol. The van der Waals surface area contributed by atoms with E-state index in [4.69, 9.17) is 4.74 Å². The maximum Gasteiger partial charge on any atom is 0.0622 e.